The van der Waals surface area contributed by atoms with Gasteiger partial charge in [0.15, 0.2) is 0 Å². The summed E-state index contributed by atoms with van der Waals surface area (Å²) in [6, 6.07) is 2.00. The molecule has 15 heavy (non-hydrogen) atoms. The van der Waals surface area contributed by atoms with Gasteiger partial charge in [-0.05, 0) is 43.8 Å². The smallest absolute Gasteiger partial charge is 0.0947 e. The van der Waals surface area contributed by atoms with Gasteiger partial charge < -0.3 is 15.5 Å². The zero-order valence-electron chi connectivity index (χ0n) is 9.11. The second-order valence-electron chi connectivity index (χ2n) is 4.45. The average molecular weight is 208 g/mol. The standard InChI is InChI=1S/C12H20N2O/c13-6-11-2-1-3-12(11)8-14-7-10-4-5-15-9-10/h4-5,9,11-12,14H,1-3,6-8,13H2. The van der Waals surface area contributed by atoms with Crippen LogP contribution in [0.1, 0.15) is 24.8 Å². The summed E-state index contributed by atoms with van der Waals surface area (Å²) in [5, 5.41) is 3.48. The Morgan fingerprint density at radius 1 is 1.40 bits per heavy atom. The Morgan fingerprint density at radius 2 is 2.27 bits per heavy atom. The van der Waals surface area contributed by atoms with Crippen molar-refractivity contribution in [2.75, 3.05) is 13.1 Å². The minimum atomic E-state index is 0.738. The molecule has 3 nitrogen and oxygen atoms in total. The summed E-state index contributed by atoms with van der Waals surface area (Å²) in [5.41, 5.74) is 6.97. The van der Waals surface area contributed by atoms with Crippen LogP contribution in [0.4, 0.5) is 0 Å². The normalized spacial score (nSPS) is 25.9. The molecule has 2 atom stereocenters. The van der Waals surface area contributed by atoms with Gasteiger partial charge in [0.2, 0.25) is 0 Å². The molecular weight excluding hydrogens is 188 g/mol. The number of hydrogen-bond acceptors (Lipinski definition) is 3. The highest BCUT2D eigenvalue weighted by atomic mass is 16.3. The Kier molecular flexibility index (Phi) is 3.80. The fourth-order valence-electron chi connectivity index (χ4n) is 2.49. The van der Waals surface area contributed by atoms with Crippen LogP contribution < -0.4 is 11.1 Å². The molecule has 3 heteroatoms. The van der Waals surface area contributed by atoms with Gasteiger partial charge in [0.1, 0.15) is 0 Å². The van der Waals surface area contributed by atoms with Crippen molar-refractivity contribution >= 4 is 0 Å². The molecule has 1 saturated carbocycles. The van der Waals surface area contributed by atoms with Crippen LogP contribution in [-0.2, 0) is 6.54 Å². The van der Waals surface area contributed by atoms with Crippen LogP contribution in [0.5, 0.6) is 0 Å². The molecule has 0 aliphatic heterocycles. The molecule has 84 valence electrons. The van der Waals surface area contributed by atoms with Crippen LogP contribution in [0.15, 0.2) is 23.0 Å². The van der Waals surface area contributed by atoms with Gasteiger partial charge in [-0.3, -0.25) is 0 Å². The summed E-state index contributed by atoms with van der Waals surface area (Å²) >= 11 is 0. The van der Waals surface area contributed by atoms with Crippen molar-refractivity contribution in [3.05, 3.63) is 24.2 Å². The van der Waals surface area contributed by atoms with Crippen LogP contribution in [0.2, 0.25) is 0 Å². The number of hydrogen-bond donors (Lipinski definition) is 2. The van der Waals surface area contributed by atoms with Gasteiger partial charge in [0, 0.05) is 12.1 Å². The lowest BCUT2D eigenvalue weighted by atomic mass is 9.96. The van der Waals surface area contributed by atoms with E-state index in [1.807, 2.05) is 6.07 Å². The van der Waals surface area contributed by atoms with E-state index in [4.69, 9.17) is 10.2 Å². The largest absolute Gasteiger partial charge is 0.472 e. The number of nitrogens with one attached hydrogen (secondary N) is 1. The van der Waals surface area contributed by atoms with E-state index in [0.717, 1.165) is 31.5 Å². The van der Waals surface area contributed by atoms with Crippen molar-refractivity contribution in [1.29, 1.82) is 0 Å². The predicted octanol–water partition coefficient (Wildman–Crippen LogP) is 1.74. The Bertz CT molecular complexity index is 271. The first-order chi connectivity index (χ1) is 7.40. The second kappa shape index (κ2) is 5.33. The van der Waals surface area contributed by atoms with Gasteiger partial charge in [0.05, 0.1) is 12.5 Å². The van der Waals surface area contributed by atoms with Crippen LogP contribution in [0.3, 0.4) is 0 Å². The first kappa shape index (κ1) is 10.7. The summed E-state index contributed by atoms with van der Waals surface area (Å²) in [7, 11) is 0. The minimum Gasteiger partial charge on any atom is -0.472 e. The molecule has 1 heterocycles. The molecule has 0 radical (unpaired) electrons. The van der Waals surface area contributed by atoms with Crippen molar-refractivity contribution in [2.24, 2.45) is 17.6 Å². The lowest BCUT2D eigenvalue weighted by Gasteiger charge is -2.17. The lowest BCUT2D eigenvalue weighted by molar-refractivity contribution is 0.373. The summed E-state index contributed by atoms with van der Waals surface area (Å²) < 4.78 is 5.02. The van der Waals surface area contributed by atoms with Gasteiger partial charge in [0.25, 0.3) is 0 Å². The van der Waals surface area contributed by atoms with E-state index >= 15 is 0 Å². The molecule has 2 rings (SSSR count). The molecule has 1 aliphatic carbocycles. The third-order valence-corrected chi connectivity index (χ3v) is 3.43. The van der Waals surface area contributed by atoms with Gasteiger partial charge >= 0.3 is 0 Å². The maximum Gasteiger partial charge on any atom is 0.0947 e. The summed E-state index contributed by atoms with van der Waals surface area (Å²) in [5.74, 6) is 1.52. The van der Waals surface area contributed by atoms with Crippen LogP contribution >= 0.6 is 0 Å². The molecule has 1 aliphatic rings. The first-order valence-corrected chi connectivity index (χ1v) is 5.82. The molecule has 1 fully saturated rings. The highest BCUT2D eigenvalue weighted by Crippen LogP contribution is 2.30. The molecule has 0 saturated heterocycles. The summed E-state index contributed by atoms with van der Waals surface area (Å²) in [4.78, 5) is 0. The fourth-order valence-corrected chi connectivity index (χ4v) is 2.49. The van der Waals surface area contributed by atoms with Crippen molar-refractivity contribution in [2.45, 2.75) is 25.8 Å². The van der Waals surface area contributed by atoms with E-state index in [1.54, 1.807) is 12.5 Å². The Labute approximate surface area is 91.0 Å². The molecule has 2 unspecified atom stereocenters. The number of furan rings is 1. The Balaban J connectivity index is 1.69. The zero-order chi connectivity index (χ0) is 10.5. The number of rotatable bonds is 5. The van der Waals surface area contributed by atoms with E-state index in [1.165, 1.54) is 24.8 Å². The van der Waals surface area contributed by atoms with E-state index in [-0.39, 0.29) is 0 Å². The summed E-state index contributed by atoms with van der Waals surface area (Å²) in [6.45, 7) is 2.84. The molecular formula is C12H20N2O. The van der Waals surface area contributed by atoms with Crippen LogP contribution in [-0.4, -0.2) is 13.1 Å². The van der Waals surface area contributed by atoms with Crippen molar-refractivity contribution in [3.8, 4) is 0 Å². The van der Waals surface area contributed by atoms with Gasteiger partial charge in [-0.15, -0.1) is 0 Å². The van der Waals surface area contributed by atoms with Crippen LogP contribution in [0, 0.1) is 11.8 Å². The third kappa shape index (κ3) is 2.83. The van der Waals surface area contributed by atoms with Crippen molar-refractivity contribution < 1.29 is 4.42 Å². The Hall–Kier alpha value is -0.800. The lowest BCUT2D eigenvalue weighted by Crippen LogP contribution is -2.28. The SMILES string of the molecule is NCC1CCCC1CNCc1ccoc1. The maximum absolute atomic E-state index is 5.75. The maximum atomic E-state index is 5.75. The molecule has 1 aromatic heterocycles. The second-order valence-corrected chi connectivity index (χ2v) is 4.45. The Morgan fingerprint density at radius 3 is 3.00 bits per heavy atom. The quantitative estimate of drug-likeness (QED) is 0.775. The van der Waals surface area contributed by atoms with Crippen molar-refractivity contribution in [3.63, 3.8) is 0 Å². The van der Waals surface area contributed by atoms with Gasteiger partial charge in [-0.25, -0.2) is 0 Å². The molecule has 0 aromatic carbocycles. The fraction of sp³-hybridized carbons (Fsp3) is 0.667. The van der Waals surface area contributed by atoms with Crippen molar-refractivity contribution in [1.82, 2.24) is 5.32 Å². The molecule has 3 N–H and O–H groups in total. The van der Waals surface area contributed by atoms with E-state index in [9.17, 15) is 0 Å². The zero-order valence-corrected chi connectivity index (χ0v) is 9.11. The van der Waals surface area contributed by atoms with E-state index < -0.39 is 0 Å². The van der Waals surface area contributed by atoms with Crippen LogP contribution in [0.25, 0.3) is 0 Å². The molecule has 0 amide bonds. The minimum absolute atomic E-state index is 0.738. The molecule has 1 aromatic rings. The summed E-state index contributed by atoms with van der Waals surface area (Å²) in [6.07, 6.45) is 7.51. The first-order valence-electron chi connectivity index (χ1n) is 5.82. The number of nitrogens with two attached hydrogens (primary N) is 1. The van der Waals surface area contributed by atoms with Gasteiger partial charge in [-0.2, -0.15) is 0 Å². The van der Waals surface area contributed by atoms with E-state index in [0.29, 0.717) is 0 Å². The van der Waals surface area contributed by atoms with E-state index in [2.05, 4.69) is 5.32 Å². The topological polar surface area (TPSA) is 51.2 Å². The van der Waals surface area contributed by atoms with Gasteiger partial charge in [-0.1, -0.05) is 6.42 Å². The third-order valence-electron chi connectivity index (χ3n) is 3.43. The highest BCUT2D eigenvalue weighted by molar-refractivity contribution is 5.04. The molecule has 0 spiro atoms. The average Bonchev–Trinajstić information content (AvgIpc) is 2.88. The molecule has 0 bridgehead atoms. The predicted molar refractivity (Wildman–Crippen MR) is 60.3 cm³/mol. The monoisotopic (exact) mass is 208 g/mol. The highest BCUT2D eigenvalue weighted by Gasteiger charge is 2.25.